The topological polar surface area (TPSA) is 324 Å². The van der Waals surface area contributed by atoms with E-state index in [1.807, 2.05) is 164 Å². The van der Waals surface area contributed by atoms with E-state index in [0.717, 1.165) is 86.8 Å². The minimum atomic E-state index is 0.214. The van der Waals surface area contributed by atoms with Crippen molar-refractivity contribution in [2.24, 2.45) is 0 Å². The third-order valence-electron chi connectivity index (χ3n) is 13.3. The van der Waals surface area contributed by atoms with Crippen LogP contribution in [0.2, 0.25) is 0 Å². The van der Waals surface area contributed by atoms with Gasteiger partial charge in [0.1, 0.15) is 40.2 Å². The van der Waals surface area contributed by atoms with Gasteiger partial charge in [-0.1, -0.05) is 140 Å². The SMILES string of the molecule is Nc1cc(O)cc2ccccc12.Nc1ccc(O)c2ccccc12.Nc1ccc2cc(O)ccc2c1.Nc1cccc2c(O)cccc12.Nc1cccc2cc(O)ccc12.Nc1cccc2ccc(O)cc12.Nc1cccc2cccc(O)c12. The third-order valence-corrected chi connectivity index (χ3v) is 13.3. The van der Waals surface area contributed by atoms with Gasteiger partial charge < -0.3 is 75.9 Å². The molecule has 84 heavy (non-hydrogen) atoms. The number of rotatable bonds is 0. The summed E-state index contributed by atoms with van der Waals surface area (Å²) in [4.78, 5) is 0. The second-order valence-electron chi connectivity index (χ2n) is 19.2. The first-order chi connectivity index (χ1) is 40.4. The Morgan fingerprint density at radius 3 is 1.25 bits per heavy atom. The normalized spacial score (nSPS) is 10.3. The molecule has 21 N–H and O–H groups in total. The van der Waals surface area contributed by atoms with Gasteiger partial charge >= 0.3 is 0 Å². The maximum atomic E-state index is 9.47. The molecule has 0 heterocycles. The largest absolute Gasteiger partial charge is 0.508 e. The molecule has 0 atom stereocenters. The molecule has 14 heteroatoms. The Morgan fingerprint density at radius 2 is 0.583 bits per heavy atom. The molecule has 0 bridgehead atoms. The van der Waals surface area contributed by atoms with E-state index in [-0.39, 0.29) is 40.2 Å². The van der Waals surface area contributed by atoms with Crippen molar-refractivity contribution in [1.82, 2.24) is 0 Å². The summed E-state index contributed by atoms with van der Waals surface area (Å²) >= 11 is 0. The number of aromatic hydroxyl groups is 7. The first-order valence-electron chi connectivity index (χ1n) is 26.2. The lowest BCUT2D eigenvalue weighted by Gasteiger charge is -2.02. The number of phenolic OH excluding ortho intramolecular Hbond substituents is 7. The van der Waals surface area contributed by atoms with Crippen molar-refractivity contribution in [3.63, 3.8) is 0 Å². The minimum absolute atomic E-state index is 0.214. The Labute approximate surface area is 484 Å². The average Bonchev–Trinajstić information content (AvgIpc) is 3.60. The van der Waals surface area contributed by atoms with Crippen LogP contribution < -0.4 is 40.1 Å². The lowest BCUT2D eigenvalue weighted by molar-refractivity contribution is 0.475. The van der Waals surface area contributed by atoms with E-state index in [0.29, 0.717) is 28.4 Å². The van der Waals surface area contributed by atoms with Crippen molar-refractivity contribution in [2.75, 3.05) is 40.1 Å². The van der Waals surface area contributed by atoms with Crippen molar-refractivity contribution < 1.29 is 35.7 Å². The molecule has 0 saturated carbocycles. The van der Waals surface area contributed by atoms with Crippen molar-refractivity contribution in [3.8, 4) is 40.2 Å². The van der Waals surface area contributed by atoms with Gasteiger partial charge in [-0.25, -0.2) is 0 Å². The second kappa shape index (κ2) is 26.8. The Balaban J connectivity index is 0.000000128. The van der Waals surface area contributed by atoms with Crippen LogP contribution in [0.5, 0.6) is 40.2 Å². The predicted octanol–water partition coefficient (Wildman–Crippen LogP) is 14.9. The predicted molar refractivity (Wildman–Crippen MR) is 350 cm³/mol. The van der Waals surface area contributed by atoms with Gasteiger partial charge in [0.15, 0.2) is 0 Å². The number of benzene rings is 14. The number of fused-ring (bicyclic) bond motifs is 7. The van der Waals surface area contributed by atoms with Crippen LogP contribution >= 0.6 is 0 Å². The van der Waals surface area contributed by atoms with Crippen LogP contribution in [0, 0.1) is 0 Å². The lowest BCUT2D eigenvalue weighted by Crippen LogP contribution is -1.85. The Bertz CT molecular complexity index is 4350. The molecule has 0 fully saturated rings. The van der Waals surface area contributed by atoms with Crippen molar-refractivity contribution in [2.45, 2.75) is 0 Å². The third kappa shape index (κ3) is 14.7. The highest BCUT2D eigenvalue weighted by atomic mass is 16.3. The number of anilines is 7. The van der Waals surface area contributed by atoms with Gasteiger partial charge in [0, 0.05) is 89.0 Å². The summed E-state index contributed by atoms with van der Waals surface area (Å²) in [6.45, 7) is 0. The molecule has 14 aromatic rings. The summed E-state index contributed by atoms with van der Waals surface area (Å²) in [6.07, 6.45) is 0. The van der Waals surface area contributed by atoms with E-state index >= 15 is 0 Å². The zero-order chi connectivity index (χ0) is 59.9. The van der Waals surface area contributed by atoms with Gasteiger partial charge in [-0.3, -0.25) is 0 Å². The standard InChI is InChI=1S/7C10H9NO/c11-9-5-1-4-8-7(9)3-2-6-10(8)12;11-9-3-1-8-6-10(12)4-2-7(8)5-9;11-8-5-1-3-7-4-2-6-9(12)10(7)8;11-10-3-1-2-7-6-8(12)4-5-9(7)10;11-10-3-1-2-7-4-5-8(12)6-9(7)10;11-10-6-8(12)5-7-3-1-2-4-9(7)10;11-9-5-6-10(12)8-4-2-1-3-7(8)9/h7*1-6,12H,11H2. The lowest BCUT2D eigenvalue weighted by atomic mass is 10.1. The Hall–Kier alpha value is -11.9. The van der Waals surface area contributed by atoms with Gasteiger partial charge in [-0.2, -0.15) is 0 Å². The molecule has 0 unspecified atom stereocenters. The summed E-state index contributed by atoms with van der Waals surface area (Å²) in [6, 6.07) is 76.0. The Morgan fingerprint density at radius 1 is 0.190 bits per heavy atom. The number of nitrogen functional groups attached to an aromatic ring is 7. The maximum Gasteiger partial charge on any atom is 0.125 e. The van der Waals surface area contributed by atoms with Gasteiger partial charge in [0.05, 0.1) is 0 Å². The van der Waals surface area contributed by atoms with Crippen molar-refractivity contribution >= 4 is 115 Å². The second-order valence-corrected chi connectivity index (χ2v) is 19.2. The fraction of sp³-hybridized carbons (Fsp3) is 0. The molecule has 0 radical (unpaired) electrons. The van der Waals surface area contributed by atoms with Gasteiger partial charge in [-0.05, 0) is 142 Å². The van der Waals surface area contributed by atoms with Gasteiger partial charge in [-0.15, -0.1) is 0 Å². The molecule has 420 valence electrons. The van der Waals surface area contributed by atoms with E-state index < -0.39 is 0 Å². The molecule has 0 aliphatic heterocycles. The summed E-state index contributed by atoms with van der Waals surface area (Å²) in [7, 11) is 0. The van der Waals surface area contributed by atoms with E-state index in [1.165, 1.54) is 0 Å². The molecule has 0 aliphatic carbocycles. The summed E-state index contributed by atoms with van der Waals surface area (Å²) in [5.74, 6) is 1.82. The molecule has 0 aromatic heterocycles. The minimum Gasteiger partial charge on any atom is -0.508 e. The monoisotopic (exact) mass is 1110 g/mol. The summed E-state index contributed by atoms with van der Waals surface area (Å²) in [5.41, 5.74) is 44.7. The molecular weight excluding hydrogens is 1050 g/mol. The van der Waals surface area contributed by atoms with Crippen LogP contribution in [0.25, 0.3) is 75.4 Å². The highest BCUT2D eigenvalue weighted by molar-refractivity contribution is 6.00. The maximum absolute atomic E-state index is 9.47. The summed E-state index contributed by atoms with van der Waals surface area (Å²) in [5, 5.41) is 78.1. The highest BCUT2D eigenvalue weighted by Gasteiger charge is 2.04. The van der Waals surface area contributed by atoms with E-state index in [4.69, 9.17) is 45.2 Å². The summed E-state index contributed by atoms with van der Waals surface area (Å²) < 4.78 is 0. The number of nitrogens with two attached hydrogens (primary N) is 7. The number of hydrogen-bond acceptors (Lipinski definition) is 14. The molecule has 0 spiro atoms. The smallest absolute Gasteiger partial charge is 0.125 e. The van der Waals surface area contributed by atoms with Crippen molar-refractivity contribution in [3.05, 3.63) is 255 Å². The van der Waals surface area contributed by atoms with Crippen LogP contribution in [-0.4, -0.2) is 35.7 Å². The molecular formula is C70H63N7O7. The van der Waals surface area contributed by atoms with Crippen LogP contribution in [0.1, 0.15) is 0 Å². The van der Waals surface area contributed by atoms with Crippen LogP contribution in [0.15, 0.2) is 255 Å². The van der Waals surface area contributed by atoms with E-state index in [1.54, 1.807) is 91.0 Å². The van der Waals surface area contributed by atoms with Crippen molar-refractivity contribution in [1.29, 1.82) is 0 Å². The zero-order valence-electron chi connectivity index (χ0n) is 45.4. The molecule has 0 aliphatic rings. The first-order valence-corrected chi connectivity index (χ1v) is 26.2. The Kier molecular flexibility index (Phi) is 18.6. The molecule has 14 nitrogen and oxygen atoms in total. The molecule has 14 rings (SSSR count). The van der Waals surface area contributed by atoms with Crippen LogP contribution in [0.3, 0.4) is 0 Å². The highest BCUT2D eigenvalue weighted by Crippen LogP contribution is 2.32. The van der Waals surface area contributed by atoms with E-state index in [2.05, 4.69) is 0 Å². The van der Waals surface area contributed by atoms with E-state index in [9.17, 15) is 30.6 Å². The first kappa shape index (κ1) is 58.3. The quantitative estimate of drug-likeness (QED) is 0.0496. The molecule has 0 amide bonds. The van der Waals surface area contributed by atoms with Gasteiger partial charge in [0.2, 0.25) is 0 Å². The fourth-order valence-corrected chi connectivity index (χ4v) is 9.13. The number of hydrogen-bond donors (Lipinski definition) is 14. The molecule has 14 aromatic carbocycles. The average molecular weight is 1110 g/mol. The fourth-order valence-electron chi connectivity index (χ4n) is 9.13. The zero-order valence-corrected chi connectivity index (χ0v) is 45.4. The van der Waals surface area contributed by atoms with Crippen LogP contribution in [-0.2, 0) is 0 Å². The van der Waals surface area contributed by atoms with Gasteiger partial charge in [0.25, 0.3) is 0 Å². The van der Waals surface area contributed by atoms with Crippen LogP contribution in [0.4, 0.5) is 39.8 Å². The molecule has 0 saturated heterocycles. The number of phenols is 7.